The smallest absolute Gasteiger partial charge is 0.450 e. The number of ether oxygens (including phenoxy) is 3. The van der Waals surface area contributed by atoms with Gasteiger partial charge in [-0.1, -0.05) is 6.92 Å². The van der Waals surface area contributed by atoms with E-state index in [0.29, 0.717) is 0 Å². The van der Waals surface area contributed by atoms with Crippen LogP contribution < -0.4 is 0 Å². The second kappa shape index (κ2) is 6.12. The molecule has 108 valence electrons. The van der Waals surface area contributed by atoms with Gasteiger partial charge >= 0.3 is 18.5 Å². The van der Waals surface area contributed by atoms with E-state index in [1.807, 2.05) is 0 Å². The summed E-state index contributed by atoms with van der Waals surface area (Å²) < 4.78 is 13.7. The molecule has 0 aromatic rings. The molecule has 19 heavy (non-hydrogen) atoms. The highest BCUT2D eigenvalue weighted by atomic mass is 16.7. The zero-order chi connectivity index (χ0) is 14.6. The van der Waals surface area contributed by atoms with Crippen LogP contribution in [0.15, 0.2) is 0 Å². The Balaban J connectivity index is 2.79. The SMILES string of the molecule is CC1C(OC(=O)O)CCC(OC(=O)O)C1OC(=O)O. The third kappa shape index (κ3) is 4.19. The summed E-state index contributed by atoms with van der Waals surface area (Å²) in [5, 5.41) is 25.7. The summed E-state index contributed by atoms with van der Waals surface area (Å²) >= 11 is 0. The van der Waals surface area contributed by atoms with Crippen LogP contribution in [0.4, 0.5) is 14.4 Å². The molecule has 1 aliphatic carbocycles. The molecule has 0 aromatic carbocycles. The maximum absolute atomic E-state index is 10.6. The van der Waals surface area contributed by atoms with Crippen molar-refractivity contribution in [2.75, 3.05) is 0 Å². The van der Waals surface area contributed by atoms with Crippen molar-refractivity contribution in [3.8, 4) is 0 Å². The van der Waals surface area contributed by atoms with Crippen LogP contribution in [0.25, 0.3) is 0 Å². The van der Waals surface area contributed by atoms with Gasteiger partial charge in [0.1, 0.15) is 18.3 Å². The third-order valence-electron chi connectivity index (χ3n) is 2.95. The van der Waals surface area contributed by atoms with Crippen molar-refractivity contribution in [3.63, 3.8) is 0 Å². The van der Waals surface area contributed by atoms with Gasteiger partial charge in [0.05, 0.1) is 0 Å². The van der Waals surface area contributed by atoms with Crippen LogP contribution in [0.2, 0.25) is 0 Å². The van der Waals surface area contributed by atoms with Gasteiger partial charge < -0.3 is 29.5 Å². The lowest BCUT2D eigenvalue weighted by atomic mass is 9.83. The number of hydrogen-bond donors (Lipinski definition) is 3. The van der Waals surface area contributed by atoms with Crippen molar-refractivity contribution in [1.29, 1.82) is 0 Å². The van der Waals surface area contributed by atoms with Gasteiger partial charge in [-0.3, -0.25) is 0 Å². The normalized spacial score (nSPS) is 30.2. The molecule has 0 aliphatic heterocycles. The van der Waals surface area contributed by atoms with E-state index in [2.05, 4.69) is 14.2 Å². The van der Waals surface area contributed by atoms with Crippen LogP contribution in [0.1, 0.15) is 19.8 Å². The molecule has 0 bridgehead atoms. The average Bonchev–Trinajstić information content (AvgIpc) is 2.26. The minimum Gasteiger partial charge on any atom is -0.450 e. The molecule has 9 heteroatoms. The van der Waals surface area contributed by atoms with Gasteiger partial charge in [0.15, 0.2) is 0 Å². The maximum Gasteiger partial charge on any atom is 0.506 e. The summed E-state index contributed by atoms with van der Waals surface area (Å²) in [5.74, 6) is -0.648. The number of carbonyl (C=O) groups is 3. The van der Waals surface area contributed by atoms with Crippen molar-refractivity contribution >= 4 is 18.5 Å². The van der Waals surface area contributed by atoms with Crippen LogP contribution >= 0.6 is 0 Å². The van der Waals surface area contributed by atoms with E-state index in [0.717, 1.165) is 0 Å². The lowest BCUT2D eigenvalue weighted by molar-refractivity contribution is -0.117. The Hall–Kier alpha value is -2.19. The largest absolute Gasteiger partial charge is 0.506 e. The van der Waals surface area contributed by atoms with Crippen molar-refractivity contribution in [2.45, 2.75) is 38.1 Å². The summed E-state index contributed by atoms with van der Waals surface area (Å²) in [7, 11) is 0. The quantitative estimate of drug-likeness (QED) is 0.518. The number of rotatable bonds is 3. The molecule has 0 spiro atoms. The average molecular weight is 278 g/mol. The zero-order valence-corrected chi connectivity index (χ0v) is 10.0. The number of hydrogen-bond acceptors (Lipinski definition) is 6. The molecular weight excluding hydrogens is 264 g/mol. The van der Waals surface area contributed by atoms with E-state index in [9.17, 15) is 14.4 Å². The Bertz CT molecular complexity index is 366. The monoisotopic (exact) mass is 278 g/mol. The Morgan fingerprint density at radius 3 is 1.74 bits per heavy atom. The molecule has 1 saturated carbocycles. The summed E-state index contributed by atoms with van der Waals surface area (Å²) in [5.41, 5.74) is 0. The fourth-order valence-electron chi connectivity index (χ4n) is 2.16. The standard InChI is InChI=1S/C10H14O9/c1-4-5(17-8(11)12)2-3-6(18-9(13)14)7(4)19-10(15)16/h4-7H,2-3H2,1H3,(H,11,12)(H,13,14)(H,15,16). The summed E-state index contributed by atoms with van der Waals surface area (Å²) in [6, 6.07) is 0. The van der Waals surface area contributed by atoms with E-state index in [-0.39, 0.29) is 12.8 Å². The van der Waals surface area contributed by atoms with Gasteiger partial charge in [-0.25, -0.2) is 14.4 Å². The predicted octanol–water partition coefficient (Wildman–Crippen LogP) is 1.61. The van der Waals surface area contributed by atoms with Crippen molar-refractivity contribution < 1.29 is 43.9 Å². The van der Waals surface area contributed by atoms with Gasteiger partial charge in [0.25, 0.3) is 0 Å². The van der Waals surface area contributed by atoms with Crippen LogP contribution in [-0.4, -0.2) is 52.1 Å². The fraction of sp³-hybridized carbons (Fsp3) is 0.700. The first-order valence-electron chi connectivity index (χ1n) is 5.50. The van der Waals surface area contributed by atoms with E-state index >= 15 is 0 Å². The van der Waals surface area contributed by atoms with Gasteiger partial charge in [0.2, 0.25) is 0 Å². The van der Waals surface area contributed by atoms with Gasteiger partial charge in [-0.2, -0.15) is 0 Å². The molecule has 1 fully saturated rings. The molecule has 1 aliphatic rings. The van der Waals surface area contributed by atoms with Crippen molar-refractivity contribution in [3.05, 3.63) is 0 Å². The molecule has 4 atom stereocenters. The summed E-state index contributed by atoms with van der Waals surface area (Å²) in [6.45, 7) is 1.51. The molecule has 1 rings (SSSR count). The van der Waals surface area contributed by atoms with E-state index in [1.54, 1.807) is 0 Å². The summed E-state index contributed by atoms with van der Waals surface area (Å²) in [4.78, 5) is 31.6. The molecule has 0 aromatic heterocycles. The van der Waals surface area contributed by atoms with Crippen LogP contribution in [0.3, 0.4) is 0 Å². The Morgan fingerprint density at radius 2 is 1.26 bits per heavy atom. The third-order valence-corrected chi connectivity index (χ3v) is 2.95. The molecule has 3 N–H and O–H groups in total. The van der Waals surface area contributed by atoms with Gasteiger partial charge in [-0.05, 0) is 12.8 Å². The van der Waals surface area contributed by atoms with Gasteiger partial charge in [-0.15, -0.1) is 0 Å². The van der Waals surface area contributed by atoms with Crippen LogP contribution in [0, 0.1) is 5.92 Å². The minimum absolute atomic E-state index is 0.118. The first kappa shape index (κ1) is 14.9. The second-order valence-electron chi connectivity index (χ2n) is 4.13. The van der Waals surface area contributed by atoms with E-state index < -0.39 is 42.7 Å². The van der Waals surface area contributed by atoms with E-state index in [4.69, 9.17) is 15.3 Å². The van der Waals surface area contributed by atoms with Crippen LogP contribution in [-0.2, 0) is 14.2 Å². The Kier molecular flexibility index (Phi) is 4.79. The topological polar surface area (TPSA) is 140 Å². The first-order chi connectivity index (χ1) is 8.81. The molecule has 4 unspecified atom stereocenters. The molecule has 0 heterocycles. The lowest BCUT2D eigenvalue weighted by Gasteiger charge is -2.37. The minimum atomic E-state index is -1.59. The lowest BCUT2D eigenvalue weighted by Crippen LogP contribution is -2.49. The highest BCUT2D eigenvalue weighted by Crippen LogP contribution is 2.31. The molecule has 0 saturated heterocycles. The molecule has 0 amide bonds. The Labute approximate surface area is 107 Å². The predicted molar refractivity (Wildman–Crippen MR) is 57.1 cm³/mol. The highest BCUT2D eigenvalue weighted by molar-refractivity contribution is 5.59. The second-order valence-corrected chi connectivity index (χ2v) is 4.13. The van der Waals surface area contributed by atoms with Gasteiger partial charge in [0, 0.05) is 5.92 Å². The molecule has 0 radical (unpaired) electrons. The highest BCUT2D eigenvalue weighted by Gasteiger charge is 2.43. The number of carboxylic acid groups (broad SMARTS) is 3. The fourth-order valence-corrected chi connectivity index (χ4v) is 2.16. The Morgan fingerprint density at radius 1 is 0.842 bits per heavy atom. The van der Waals surface area contributed by atoms with Crippen molar-refractivity contribution in [1.82, 2.24) is 0 Å². The van der Waals surface area contributed by atoms with Crippen molar-refractivity contribution in [2.24, 2.45) is 5.92 Å². The first-order valence-corrected chi connectivity index (χ1v) is 5.50. The maximum atomic E-state index is 10.6. The zero-order valence-electron chi connectivity index (χ0n) is 10.0. The molecular formula is C10H14O9. The molecule has 9 nitrogen and oxygen atoms in total. The summed E-state index contributed by atoms with van der Waals surface area (Å²) in [6.07, 6.45) is -7.12. The van der Waals surface area contributed by atoms with E-state index in [1.165, 1.54) is 6.92 Å². The van der Waals surface area contributed by atoms with Crippen LogP contribution in [0.5, 0.6) is 0 Å².